The molecule has 0 bridgehead atoms. The summed E-state index contributed by atoms with van der Waals surface area (Å²) in [4.78, 5) is 15.7. The van der Waals surface area contributed by atoms with E-state index in [0.29, 0.717) is 16.9 Å². The molecule has 2 N–H and O–H groups in total. The lowest BCUT2D eigenvalue weighted by Crippen LogP contribution is -2.25. The summed E-state index contributed by atoms with van der Waals surface area (Å²) in [6.07, 6.45) is 4.72. The number of anilines is 1. The third-order valence-electron chi connectivity index (χ3n) is 2.65. The largest absolute Gasteiger partial charge is 0.459 e. The zero-order valence-corrected chi connectivity index (χ0v) is 8.69. The summed E-state index contributed by atoms with van der Waals surface area (Å²) in [5.41, 5.74) is 7.19. The van der Waals surface area contributed by atoms with E-state index in [0.717, 1.165) is 19.3 Å². The van der Waals surface area contributed by atoms with E-state index in [4.69, 9.17) is 10.5 Å². The van der Waals surface area contributed by atoms with Gasteiger partial charge in [0.25, 0.3) is 0 Å². The van der Waals surface area contributed by atoms with E-state index < -0.39 is 0 Å². The monoisotopic (exact) mass is 206 g/mol. The van der Waals surface area contributed by atoms with Crippen molar-refractivity contribution in [1.82, 2.24) is 4.98 Å². The van der Waals surface area contributed by atoms with Crippen molar-refractivity contribution in [2.75, 3.05) is 5.73 Å². The molecule has 1 fully saturated rings. The third kappa shape index (κ3) is 2.09. The number of carbonyl (C=O) groups excluding carboxylic acids is 1. The lowest BCUT2D eigenvalue weighted by molar-refractivity contribution is 0.00889. The fraction of sp³-hybridized carbons (Fsp3) is 0.455. The van der Waals surface area contributed by atoms with Gasteiger partial charge in [0, 0.05) is 0 Å². The van der Waals surface area contributed by atoms with E-state index in [1.54, 1.807) is 13.0 Å². The number of esters is 1. The number of nitrogens with zero attached hydrogens (tertiary/aromatic N) is 1. The van der Waals surface area contributed by atoms with E-state index in [-0.39, 0.29) is 12.1 Å². The van der Waals surface area contributed by atoms with Crippen LogP contribution in [0.15, 0.2) is 12.3 Å². The number of nitrogens with two attached hydrogens (primary N) is 1. The fourth-order valence-corrected chi connectivity index (χ4v) is 1.46. The van der Waals surface area contributed by atoms with Gasteiger partial charge in [0.2, 0.25) is 0 Å². The standard InChI is InChI=1S/C11H14N2O2/c1-7-10(5-8(12)6-13-7)11(14)15-9-3-2-4-9/h5-6,9H,2-4,12H2,1H3. The van der Waals surface area contributed by atoms with E-state index in [2.05, 4.69) is 4.98 Å². The summed E-state index contributed by atoms with van der Waals surface area (Å²) in [5.74, 6) is -0.308. The second-order valence-electron chi connectivity index (χ2n) is 3.86. The molecule has 1 saturated carbocycles. The molecule has 0 atom stereocenters. The Morgan fingerprint density at radius 3 is 2.93 bits per heavy atom. The minimum atomic E-state index is -0.308. The van der Waals surface area contributed by atoms with Crippen LogP contribution >= 0.6 is 0 Å². The zero-order chi connectivity index (χ0) is 10.8. The molecule has 1 aromatic heterocycles. The highest BCUT2D eigenvalue weighted by Crippen LogP contribution is 2.23. The van der Waals surface area contributed by atoms with Crippen molar-refractivity contribution in [3.05, 3.63) is 23.5 Å². The van der Waals surface area contributed by atoms with Crippen LogP contribution < -0.4 is 5.73 Å². The molecule has 1 aliphatic rings. The lowest BCUT2D eigenvalue weighted by atomic mass is 9.96. The first-order valence-electron chi connectivity index (χ1n) is 5.10. The Hall–Kier alpha value is -1.58. The fourth-order valence-electron chi connectivity index (χ4n) is 1.46. The number of carbonyl (C=O) groups is 1. The molecule has 0 aliphatic heterocycles. The highest BCUT2D eigenvalue weighted by Gasteiger charge is 2.23. The van der Waals surface area contributed by atoms with Gasteiger partial charge in [-0.2, -0.15) is 0 Å². The summed E-state index contributed by atoms with van der Waals surface area (Å²) in [6.45, 7) is 1.77. The molecule has 2 rings (SSSR count). The SMILES string of the molecule is Cc1ncc(N)cc1C(=O)OC1CCC1. The van der Waals surface area contributed by atoms with Crippen LogP contribution in [0.3, 0.4) is 0 Å². The Labute approximate surface area is 88.4 Å². The molecule has 80 valence electrons. The number of ether oxygens (including phenoxy) is 1. The van der Waals surface area contributed by atoms with Gasteiger partial charge in [-0.15, -0.1) is 0 Å². The van der Waals surface area contributed by atoms with Gasteiger partial charge in [-0.05, 0) is 32.3 Å². The topological polar surface area (TPSA) is 65.2 Å². The lowest BCUT2D eigenvalue weighted by Gasteiger charge is -2.25. The summed E-state index contributed by atoms with van der Waals surface area (Å²) in [7, 11) is 0. The maximum Gasteiger partial charge on any atom is 0.340 e. The van der Waals surface area contributed by atoms with Crippen LogP contribution in [0, 0.1) is 6.92 Å². The van der Waals surface area contributed by atoms with Crippen LogP contribution in [0.1, 0.15) is 35.3 Å². The first kappa shape index (κ1) is 9.96. The molecule has 0 spiro atoms. The average molecular weight is 206 g/mol. The second kappa shape index (κ2) is 3.88. The molecule has 1 aliphatic carbocycles. The van der Waals surface area contributed by atoms with E-state index >= 15 is 0 Å². The van der Waals surface area contributed by atoms with Gasteiger partial charge in [0.05, 0.1) is 23.1 Å². The first-order valence-corrected chi connectivity index (χ1v) is 5.10. The third-order valence-corrected chi connectivity index (χ3v) is 2.65. The average Bonchev–Trinajstić information content (AvgIpc) is 2.15. The summed E-state index contributed by atoms with van der Waals surface area (Å²) < 4.78 is 5.27. The van der Waals surface area contributed by atoms with Gasteiger partial charge < -0.3 is 10.5 Å². The number of hydrogen-bond acceptors (Lipinski definition) is 4. The molecule has 0 unspecified atom stereocenters. The first-order chi connectivity index (χ1) is 7.16. The van der Waals surface area contributed by atoms with Gasteiger partial charge in [0.15, 0.2) is 0 Å². The smallest absolute Gasteiger partial charge is 0.340 e. The predicted octanol–water partition coefficient (Wildman–Crippen LogP) is 1.68. The van der Waals surface area contributed by atoms with E-state index in [1.807, 2.05) is 0 Å². The van der Waals surface area contributed by atoms with Crippen molar-refractivity contribution in [1.29, 1.82) is 0 Å². The number of aryl methyl sites for hydroxylation is 1. The van der Waals surface area contributed by atoms with Crippen LogP contribution in [-0.4, -0.2) is 17.1 Å². The molecule has 1 aromatic rings. The minimum absolute atomic E-state index is 0.0957. The molecular formula is C11H14N2O2. The minimum Gasteiger partial charge on any atom is -0.459 e. The van der Waals surface area contributed by atoms with Crippen LogP contribution in [-0.2, 0) is 4.74 Å². The highest BCUT2D eigenvalue weighted by molar-refractivity contribution is 5.91. The van der Waals surface area contributed by atoms with Crippen LogP contribution in [0.4, 0.5) is 5.69 Å². The van der Waals surface area contributed by atoms with Crippen LogP contribution in [0.25, 0.3) is 0 Å². The molecular weight excluding hydrogens is 192 g/mol. The summed E-state index contributed by atoms with van der Waals surface area (Å²) in [6, 6.07) is 1.61. The van der Waals surface area contributed by atoms with Crippen LogP contribution in [0.2, 0.25) is 0 Å². The number of nitrogen functional groups attached to an aromatic ring is 1. The Bertz CT molecular complexity index is 386. The van der Waals surface area contributed by atoms with Gasteiger partial charge in [0.1, 0.15) is 6.10 Å². The molecule has 0 saturated heterocycles. The van der Waals surface area contributed by atoms with E-state index in [1.165, 1.54) is 6.20 Å². The molecule has 1 heterocycles. The van der Waals surface area contributed by atoms with Gasteiger partial charge in [-0.1, -0.05) is 0 Å². The van der Waals surface area contributed by atoms with Gasteiger partial charge in [-0.25, -0.2) is 4.79 Å². The van der Waals surface area contributed by atoms with Gasteiger partial charge in [-0.3, -0.25) is 4.98 Å². The van der Waals surface area contributed by atoms with Crippen molar-refractivity contribution in [2.24, 2.45) is 0 Å². The number of hydrogen-bond donors (Lipinski definition) is 1. The Kier molecular flexibility index (Phi) is 2.58. The van der Waals surface area contributed by atoms with Gasteiger partial charge >= 0.3 is 5.97 Å². The van der Waals surface area contributed by atoms with Crippen molar-refractivity contribution >= 4 is 11.7 Å². The Balaban J connectivity index is 2.12. The Morgan fingerprint density at radius 1 is 1.60 bits per heavy atom. The van der Waals surface area contributed by atoms with E-state index in [9.17, 15) is 4.79 Å². The maximum absolute atomic E-state index is 11.7. The Morgan fingerprint density at radius 2 is 2.33 bits per heavy atom. The molecule has 4 heteroatoms. The summed E-state index contributed by atoms with van der Waals surface area (Å²) in [5, 5.41) is 0. The molecule has 0 radical (unpaired) electrons. The number of rotatable bonds is 2. The predicted molar refractivity (Wildman–Crippen MR) is 56.4 cm³/mol. The molecule has 0 amide bonds. The van der Waals surface area contributed by atoms with Crippen molar-refractivity contribution in [3.63, 3.8) is 0 Å². The second-order valence-corrected chi connectivity index (χ2v) is 3.86. The number of pyridine rings is 1. The zero-order valence-electron chi connectivity index (χ0n) is 8.69. The molecule has 15 heavy (non-hydrogen) atoms. The quantitative estimate of drug-likeness (QED) is 0.748. The molecule has 0 aromatic carbocycles. The van der Waals surface area contributed by atoms with Crippen molar-refractivity contribution in [3.8, 4) is 0 Å². The summed E-state index contributed by atoms with van der Waals surface area (Å²) >= 11 is 0. The van der Waals surface area contributed by atoms with Crippen molar-refractivity contribution < 1.29 is 9.53 Å². The van der Waals surface area contributed by atoms with Crippen LogP contribution in [0.5, 0.6) is 0 Å². The normalized spacial score (nSPS) is 15.8. The maximum atomic E-state index is 11.7. The number of aromatic nitrogens is 1. The highest BCUT2D eigenvalue weighted by atomic mass is 16.5. The molecule has 4 nitrogen and oxygen atoms in total. The van der Waals surface area contributed by atoms with Crippen molar-refractivity contribution in [2.45, 2.75) is 32.3 Å².